The molecule has 0 saturated carbocycles. The van der Waals surface area contributed by atoms with Gasteiger partial charge in [0.15, 0.2) is 0 Å². The van der Waals surface area contributed by atoms with Gasteiger partial charge in [0, 0.05) is 0 Å². The maximum atomic E-state index is 5.58. The average Bonchev–Trinajstić information content (AvgIpc) is 2.09. The van der Waals surface area contributed by atoms with E-state index < -0.39 is 18.4 Å². The third-order valence-electron chi connectivity index (χ3n) is 1.86. The first-order valence-corrected chi connectivity index (χ1v) is 13.8. The predicted molar refractivity (Wildman–Crippen MR) is 69.6 cm³/mol. The Morgan fingerprint density at radius 1 is 1.23 bits per heavy atom. The normalized spacial score (nSPS) is 10.7. The van der Waals surface area contributed by atoms with E-state index in [0.717, 1.165) is 0 Å². The average molecular weight is 325 g/mol. The van der Waals surface area contributed by atoms with Crippen LogP contribution in [0, 0.1) is 0 Å². The van der Waals surface area contributed by atoms with Crippen LogP contribution in [-0.4, -0.2) is 22.7 Å². The third-order valence-corrected chi connectivity index (χ3v) is 16.2. The minimum atomic E-state index is -1.23. The van der Waals surface area contributed by atoms with Crippen molar-refractivity contribution in [2.45, 2.75) is 48.4 Å². The molecule has 0 unspecified atom stereocenters. The van der Waals surface area contributed by atoms with Crippen molar-refractivity contribution in [2.75, 3.05) is 0 Å². The van der Waals surface area contributed by atoms with Crippen molar-refractivity contribution in [1.82, 2.24) is 0 Å². The number of unbranched alkanes of at least 4 members (excludes halogenated alkanes) is 2. The molecule has 0 rings (SSSR count). The van der Waals surface area contributed by atoms with Crippen LogP contribution in [0.4, 0.5) is 0 Å². The van der Waals surface area contributed by atoms with Crippen molar-refractivity contribution in [1.29, 1.82) is 0 Å². The molecule has 0 amide bonds. The van der Waals surface area contributed by atoms with Crippen molar-refractivity contribution in [2.24, 2.45) is 5.73 Å². The molecule has 0 aromatic carbocycles. The summed E-state index contributed by atoms with van der Waals surface area (Å²) in [6.45, 7) is 4.51. The van der Waals surface area contributed by atoms with Crippen molar-refractivity contribution < 1.29 is 0 Å². The Morgan fingerprint density at radius 2 is 1.69 bits per heavy atom. The summed E-state index contributed by atoms with van der Waals surface area (Å²) in [5.74, 6) is 0. The molecule has 2 N–H and O–H groups in total. The van der Waals surface area contributed by atoms with Gasteiger partial charge in [0.2, 0.25) is 0 Å². The van der Waals surface area contributed by atoms with E-state index in [9.17, 15) is 0 Å². The van der Waals surface area contributed by atoms with E-state index in [4.69, 9.17) is 18.0 Å². The molecule has 0 bridgehead atoms. The summed E-state index contributed by atoms with van der Waals surface area (Å²) in [6.07, 6.45) is 5.39. The second-order valence-electron chi connectivity index (χ2n) is 3.17. The Labute approximate surface area is 97.4 Å². The number of rotatable bonds is 7. The summed E-state index contributed by atoms with van der Waals surface area (Å²) >= 11 is 3.73. The van der Waals surface area contributed by atoms with Crippen LogP contribution < -0.4 is 5.73 Å². The quantitative estimate of drug-likeness (QED) is 0.573. The zero-order valence-corrected chi connectivity index (χ0v) is 13.1. The fourth-order valence-corrected chi connectivity index (χ4v) is 15.1. The molecule has 1 radical (unpaired) electrons. The molecule has 0 aromatic rings. The van der Waals surface area contributed by atoms with E-state index >= 15 is 0 Å². The molecule has 0 aliphatic carbocycles. The third kappa shape index (κ3) is 9.35. The van der Waals surface area contributed by atoms with Gasteiger partial charge in [0.05, 0.1) is 0 Å². The SMILES string of the molecule is CCC[CH2][Sn]([CH2]CCC)[S]C(N)=S. The molecule has 1 nitrogen and oxygen atoms in total. The van der Waals surface area contributed by atoms with Crippen LogP contribution in [0.3, 0.4) is 0 Å². The van der Waals surface area contributed by atoms with Crippen molar-refractivity contribution in [3.05, 3.63) is 0 Å². The van der Waals surface area contributed by atoms with Gasteiger partial charge in [-0.1, -0.05) is 0 Å². The Kier molecular flexibility index (Phi) is 10.4. The molecule has 0 atom stereocenters. The van der Waals surface area contributed by atoms with Crippen LogP contribution in [0.5, 0.6) is 0 Å². The summed E-state index contributed by atoms with van der Waals surface area (Å²) in [4.78, 5) is 0. The van der Waals surface area contributed by atoms with E-state index in [0.29, 0.717) is 4.32 Å². The number of nitrogens with two attached hydrogens (primary N) is 1. The van der Waals surface area contributed by atoms with Gasteiger partial charge >= 0.3 is 98.0 Å². The first kappa shape index (κ1) is 14.0. The molecule has 0 saturated heterocycles. The topological polar surface area (TPSA) is 26.0 Å². The number of thiocarbonyl (C=S) groups is 1. The van der Waals surface area contributed by atoms with E-state index in [-0.39, 0.29) is 0 Å². The minimum absolute atomic E-state index is 0.696. The summed E-state index contributed by atoms with van der Waals surface area (Å²) in [6, 6.07) is 0. The van der Waals surface area contributed by atoms with Gasteiger partial charge in [-0.15, -0.1) is 0 Å². The Balaban J connectivity index is 3.66. The summed E-state index contributed by atoms with van der Waals surface area (Å²) < 4.78 is 3.61. The van der Waals surface area contributed by atoms with Gasteiger partial charge in [-0.05, 0) is 0 Å². The fourth-order valence-electron chi connectivity index (χ4n) is 1.12. The summed E-state index contributed by atoms with van der Waals surface area (Å²) in [7, 11) is 1.89. The molecule has 13 heavy (non-hydrogen) atoms. The molecular weight excluding hydrogens is 305 g/mol. The van der Waals surface area contributed by atoms with Gasteiger partial charge in [0.1, 0.15) is 0 Å². The van der Waals surface area contributed by atoms with Crippen LogP contribution in [0.1, 0.15) is 39.5 Å². The van der Waals surface area contributed by atoms with E-state index in [1.54, 1.807) is 0 Å². The molecule has 4 heteroatoms. The second-order valence-corrected chi connectivity index (χ2v) is 16.1. The van der Waals surface area contributed by atoms with Crippen LogP contribution in [-0.2, 0) is 0 Å². The van der Waals surface area contributed by atoms with Gasteiger partial charge in [-0.3, -0.25) is 0 Å². The molecule has 0 fully saturated rings. The molecule has 0 aliphatic heterocycles. The number of hydrogen-bond donors (Lipinski definition) is 1. The first-order chi connectivity index (χ1) is 6.20. The molecule has 0 aromatic heterocycles. The zero-order valence-electron chi connectivity index (χ0n) is 8.64. The molecule has 0 aliphatic rings. The van der Waals surface area contributed by atoms with Gasteiger partial charge in [-0.2, -0.15) is 0 Å². The zero-order chi connectivity index (χ0) is 10.1. The van der Waals surface area contributed by atoms with Crippen LogP contribution in [0.25, 0.3) is 0 Å². The molecule has 0 spiro atoms. The monoisotopic (exact) mass is 326 g/mol. The summed E-state index contributed by atoms with van der Waals surface area (Å²) in [5, 5.41) is 0. The molecular formula is C9H20NS2Sn. The van der Waals surface area contributed by atoms with Crippen LogP contribution in [0.2, 0.25) is 8.87 Å². The fraction of sp³-hybridized carbons (Fsp3) is 0.889. The molecule has 0 heterocycles. The Hall–Kier alpha value is 1.04. The van der Waals surface area contributed by atoms with Gasteiger partial charge in [-0.25, -0.2) is 0 Å². The number of hydrogen-bond acceptors (Lipinski definition) is 2. The van der Waals surface area contributed by atoms with Gasteiger partial charge < -0.3 is 0 Å². The van der Waals surface area contributed by atoms with Crippen molar-refractivity contribution in [3.63, 3.8) is 0 Å². The standard InChI is InChI=1S/2C4H9.CH3NS2.Sn/c2*1-3-4-2;2-1(3)4;/h2*1,3-4H2,2H3;(H3,2,3,4);/q;;;+1/p-1. The Bertz CT molecular complexity index is 134. The Morgan fingerprint density at radius 3 is 2.00 bits per heavy atom. The summed E-state index contributed by atoms with van der Waals surface area (Å²) in [5.41, 5.74) is 5.58. The van der Waals surface area contributed by atoms with E-state index in [2.05, 4.69) is 13.8 Å². The van der Waals surface area contributed by atoms with Crippen LogP contribution in [0.15, 0.2) is 0 Å². The first-order valence-electron chi connectivity index (χ1n) is 5.02. The van der Waals surface area contributed by atoms with E-state index in [1.807, 2.05) is 8.95 Å². The predicted octanol–water partition coefficient (Wildman–Crippen LogP) is 3.55. The maximum absolute atomic E-state index is 5.58. The van der Waals surface area contributed by atoms with Gasteiger partial charge in [0.25, 0.3) is 0 Å². The van der Waals surface area contributed by atoms with Crippen molar-refractivity contribution >= 4 is 43.9 Å². The van der Waals surface area contributed by atoms with E-state index in [1.165, 1.54) is 34.6 Å². The second kappa shape index (κ2) is 9.59. The molecule has 77 valence electrons. The van der Waals surface area contributed by atoms with Crippen molar-refractivity contribution in [3.8, 4) is 0 Å². The van der Waals surface area contributed by atoms with Crippen LogP contribution >= 0.6 is 21.2 Å².